The number of halogens is 2. The van der Waals surface area contributed by atoms with Crippen molar-refractivity contribution < 1.29 is 19.1 Å². The molecular formula is C21H25BrClN5O4. The maximum atomic E-state index is 12.9. The molecule has 2 aromatic rings. The van der Waals surface area contributed by atoms with E-state index >= 15 is 0 Å². The van der Waals surface area contributed by atoms with Crippen LogP contribution in [0.2, 0.25) is 5.02 Å². The summed E-state index contributed by atoms with van der Waals surface area (Å²) in [4.78, 5) is 47.6. The molecule has 1 fully saturated rings. The third-order valence-corrected chi connectivity index (χ3v) is 5.58. The van der Waals surface area contributed by atoms with E-state index in [9.17, 15) is 14.4 Å². The number of carbonyl (C=O) groups is 3. The first-order valence-corrected chi connectivity index (χ1v) is 11.6. The molecule has 0 bridgehead atoms. The molecule has 0 saturated carbocycles. The summed E-state index contributed by atoms with van der Waals surface area (Å²) in [5.74, 6) is -0.464. The van der Waals surface area contributed by atoms with Crippen LogP contribution < -0.4 is 5.32 Å². The summed E-state index contributed by atoms with van der Waals surface area (Å²) in [6.07, 6.45) is 1.18. The van der Waals surface area contributed by atoms with Gasteiger partial charge >= 0.3 is 6.09 Å². The standard InChI is InChI=1S/C21H25BrClN5O4/c1-21(2,3)32-20(31)28-8-6-27(7-9-28)19(30)15-5-4-13(10-16(15)23)26-18(29)17-24-12-14(11-22)25-17/h4-5,10,12H,6-9,11H2,1-3H3,(H,24,25)(H,26,29). The van der Waals surface area contributed by atoms with Crippen molar-refractivity contribution in [3.8, 4) is 0 Å². The number of aromatic amines is 1. The molecule has 0 spiro atoms. The van der Waals surface area contributed by atoms with Gasteiger partial charge in [0.1, 0.15) is 5.60 Å². The lowest BCUT2D eigenvalue weighted by Crippen LogP contribution is -2.51. The number of anilines is 1. The molecule has 1 saturated heterocycles. The van der Waals surface area contributed by atoms with E-state index in [-0.39, 0.29) is 22.8 Å². The van der Waals surface area contributed by atoms with Crippen LogP contribution in [0.15, 0.2) is 24.4 Å². The Bertz CT molecular complexity index is 1010. The van der Waals surface area contributed by atoms with Crippen molar-refractivity contribution >= 4 is 51.1 Å². The summed E-state index contributed by atoms with van der Waals surface area (Å²) in [7, 11) is 0. The van der Waals surface area contributed by atoms with E-state index in [1.54, 1.807) is 28.1 Å². The van der Waals surface area contributed by atoms with Gasteiger partial charge in [-0.15, -0.1) is 0 Å². The number of imidazole rings is 1. The summed E-state index contributed by atoms with van der Waals surface area (Å²) >= 11 is 9.63. The molecule has 3 amide bonds. The molecule has 9 nitrogen and oxygen atoms in total. The fraction of sp³-hybridized carbons (Fsp3) is 0.429. The highest BCUT2D eigenvalue weighted by atomic mass is 79.9. The summed E-state index contributed by atoms with van der Waals surface area (Å²) in [6.45, 7) is 6.95. The highest BCUT2D eigenvalue weighted by Gasteiger charge is 2.28. The number of carbonyl (C=O) groups excluding carboxylic acids is 3. The Morgan fingerprint density at radius 1 is 1.19 bits per heavy atom. The molecule has 3 rings (SSSR count). The smallest absolute Gasteiger partial charge is 0.410 e. The molecule has 0 atom stereocenters. The number of nitrogens with one attached hydrogen (secondary N) is 2. The van der Waals surface area contributed by atoms with Crippen LogP contribution in [0.4, 0.5) is 10.5 Å². The molecule has 2 N–H and O–H groups in total. The Morgan fingerprint density at radius 3 is 2.41 bits per heavy atom. The van der Waals surface area contributed by atoms with Crippen LogP contribution in [0, 0.1) is 0 Å². The minimum Gasteiger partial charge on any atom is -0.444 e. The topological polar surface area (TPSA) is 108 Å². The van der Waals surface area contributed by atoms with Crippen molar-refractivity contribution in [1.82, 2.24) is 19.8 Å². The highest BCUT2D eigenvalue weighted by molar-refractivity contribution is 9.08. The van der Waals surface area contributed by atoms with Gasteiger partial charge in [-0.2, -0.15) is 0 Å². The monoisotopic (exact) mass is 525 g/mol. The molecule has 1 aliphatic rings. The molecule has 0 radical (unpaired) electrons. The number of piperazine rings is 1. The van der Waals surface area contributed by atoms with Crippen LogP contribution in [-0.2, 0) is 10.1 Å². The van der Waals surface area contributed by atoms with Gasteiger partial charge in [0.15, 0.2) is 5.82 Å². The van der Waals surface area contributed by atoms with Gasteiger partial charge in [0.05, 0.1) is 10.6 Å². The summed E-state index contributed by atoms with van der Waals surface area (Å²) in [6, 6.07) is 4.72. The minimum atomic E-state index is -0.568. The largest absolute Gasteiger partial charge is 0.444 e. The minimum absolute atomic E-state index is 0.179. The van der Waals surface area contributed by atoms with E-state index in [2.05, 4.69) is 31.2 Å². The summed E-state index contributed by atoms with van der Waals surface area (Å²) in [5.41, 5.74) is 0.987. The number of rotatable bonds is 4. The number of amides is 3. The zero-order valence-corrected chi connectivity index (χ0v) is 20.4. The van der Waals surface area contributed by atoms with Gasteiger partial charge in [-0.3, -0.25) is 9.59 Å². The van der Waals surface area contributed by atoms with E-state index in [0.717, 1.165) is 5.69 Å². The number of nitrogens with zero attached hydrogens (tertiary/aromatic N) is 3. The number of H-pyrrole nitrogens is 1. The van der Waals surface area contributed by atoms with E-state index in [1.807, 2.05) is 20.8 Å². The fourth-order valence-corrected chi connectivity index (χ4v) is 3.63. The highest BCUT2D eigenvalue weighted by Crippen LogP contribution is 2.24. The van der Waals surface area contributed by atoms with Gasteiger partial charge in [-0.05, 0) is 39.0 Å². The average molecular weight is 527 g/mol. The second-order valence-corrected chi connectivity index (χ2v) is 9.27. The number of aromatic nitrogens is 2. The average Bonchev–Trinajstić information content (AvgIpc) is 3.22. The number of hydrogen-bond acceptors (Lipinski definition) is 5. The Labute approximate surface area is 199 Å². The van der Waals surface area contributed by atoms with E-state index in [4.69, 9.17) is 16.3 Å². The van der Waals surface area contributed by atoms with Crippen molar-refractivity contribution in [2.75, 3.05) is 31.5 Å². The third-order valence-electron chi connectivity index (χ3n) is 4.66. The molecule has 1 aromatic heterocycles. The number of benzene rings is 1. The fourth-order valence-electron chi connectivity index (χ4n) is 3.09. The quantitative estimate of drug-likeness (QED) is 0.588. The second-order valence-electron chi connectivity index (χ2n) is 8.30. The van der Waals surface area contributed by atoms with Crippen LogP contribution in [0.3, 0.4) is 0 Å². The maximum Gasteiger partial charge on any atom is 0.410 e. The van der Waals surface area contributed by atoms with Crippen LogP contribution in [0.25, 0.3) is 0 Å². The van der Waals surface area contributed by atoms with Gasteiger partial charge in [0, 0.05) is 49.1 Å². The first kappa shape index (κ1) is 24.1. The van der Waals surface area contributed by atoms with Gasteiger partial charge in [0.2, 0.25) is 0 Å². The lowest BCUT2D eigenvalue weighted by atomic mass is 10.1. The van der Waals surface area contributed by atoms with Gasteiger partial charge < -0.3 is 24.8 Å². The van der Waals surface area contributed by atoms with Crippen molar-refractivity contribution in [2.45, 2.75) is 31.7 Å². The van der Waals surface area contributed by atoms with E-state index in [0.29, 0.717) is 42.8 Å². The van der Waals surface area contributed by atoms with Crippen molar-refractivity contribution in [3.63, 3.8) is 0 Å². The van der Waals surface area contributed by atoms with Crippen LogP contribution in [0.1, 0.15) is 47.4 Å². The second kappa shape index (κ2) is 9.91. The molecule has 0 aliphatic carbocycles. The normalized spacial score (nSPS) is 14.3. The zero-order valence-electron chi connectivity index (χ0n) is 18.1. The van der Waals surface area contributed by atoms with Crippen LogP contribution in [-0.4, -0.2) is 69.5 Å². The lowest BCUT2D eigenvalue weighted by molar-refractivity contribution is 0.0141. The van der Waals surface area contributed by atoms with Crippen molar-refractivity contribution in [1.29, 1.82) is 0 Å². The predicted molar refractivity (Wildman–Crippen MR) is 124 cm³/mol. The lowest BCUT2D eigenvalue weighted by Gasteiger charge is -2.35. The van der Waals surface area contributed by atoms with Gasteiger partial charge in [-0.1, -0.05) is 27.5 Å². The molecule has 1 aromatic carbocycles. The van der Waals surface area contributed by atoms with E-state index in [1.165, 1.54) is 6.07 Å². The Hall–Kier alpha value is -2.59. The first-order chi connectivity index (χ1) is 15.1. The van der Waals surface area contributed by atoms with Gasteiger partial charge in [-0.25, -0.2) is 9.78 Å². The van der Waals surface area contributed by atoms with Crippen molar-refractivity contribution in [2.24, 2.45) is 0 Å². The zero-order chi connectivity index (χ0) is 23.5. The molecule has 1 aliphatic heterocycles. The van der Waals surface area contributed by atoms with Crippen LogP contribution >= 0.6 is 27.5 Å². The molecule has 32 heavy (non-hydrogen) atoms. The molecular weight excluding hydrogens is 502 g/mol. The predicted octanol–water partition coefficient (Wildman–Crippen LogP) is 3.90. The number of ether oxygens (including phenoxy) is 1. The molecule has 172 valence electrons. The molecule has 11 heteroatoms. The third kappa shape index (κ3) is 6.01. The van der Waals surface area contributed by atoms with E-state index < -0.39 is 11.5 Å². The molecule has 2 heterocycles. The SMILES string of the molecule is CC(C)(C)OC(=O)N1CCN(C(=O)c2ccc(NC(=O)c3ncc(CBr)[nH]3)cc2Cl)CC1. The van der Waals surface area contributed by atoms with Gasteiger partial charge in [0.25, 0.3) is 11.8 Å². The maximum absolute atomic E-state index is 12.9. The summed E-state index contributed by atoms with van der Waals surface area (Å²) < 4.78 is 5.38. The van der Waals surface area contributed by atoms with Crippen LogP contribution in [0.5, 0.6) is 0 Å². The Kier molecular flexibility index (Phi) is 7.45. The molecule has 0 unspecified atom stereocenters. The van der Waals surface area contributed by atoms with Crippen molar-refractivity contribution in [3.05, 3.63) is 46.5 Å². The number of hydrogen-bond donors (Lipinski definition) is 2. The Morgan fingerprint density at radius 2 is 1.84 bits per heavy atom. The Balaban J connectivity index is 1.59. The first-order valence-electron chi connectivity index (χ1n) is 10.1. The number of alkyl halides is 1. The summed E-state index contributed by atoms with van der Waals surface area (Å²) in [5, 5.41) is 3.49.